The molecule has 0 aliphatic rings. The van der Waals surface area contributed by atoms with E-state index in [1.165, 1.54) is 15.9 Å². The van der Waals surface area contributed by atoms with Gasteiger partial charge in [0.2, 0.25) is 0 Å². The molecular formula is C9H12N2O3S. The standard InChI is InChI=1S/C9H12N2O3S/c1-2-14-8(13)5-7(12)6-11-3-4-15-9(11)10/h3-4,10H,2,5-6H2,1H3. The molecule has 0 saturated heterocycles. The molecule has 0 amide bonds. The number of carbonyl (C=O) groups is 2. The Balaban J connectivity index is 2.47. The third-order valence-electron chi connectivity index (χ3n) is 1.67. The Hall–Kier alpha value is -1.43. The molecule has 0 aromatic carbocycles. The Morgan fingerprint density at radius 1 is 1.60 bits per heavy atom. The molecule has 0 bridgehead atoms. The Morgan fingerprint density at radius 3 is 2.87 bits per heavy atom. The molecule has 6 heteroatoms. The zero-order chi connectivity index (χ0) is 11.3. The molecule has 0 radical (unpaired) electrons. The minimum absolute atomic E-state index is 0.0567. The van der Waals surface area contributed by atoms with Crippen molar-refractivity contribution in [2.24, 2.45) is 0 Å². The quantitative estimate of drug-likeness (QED) is 0.591. The van der Waals surface area contributed by atoms with Crippen LogP contribution in [0.2, 0.25) is 0 Å². The second kappa shape index (κ2) is 5.45. The van der Waals surface area contributed by atoms with Gasteiger partial charge < -0.3 is 9.30 Å². The number of nitrogens with zero attached hydrogens (tertiary/aromatic N) is 1. The average molecular weight is 228 g/mol. The van der Waals surface area contributed by atoms with Crippen LogP contribution in [-0.4, -0.2) is 22.9 Å². The van der Waals surface area contributed by atoms with Crippen LogP contribution in [0.3, 0.4) is 0 Å². The van der Waals surface area contributed by atoms with Crippen molar-refractivity contribution in [2.45, 2.75) is 19.9 Å². The highest BCUT2D eigenvalue weighted by atomic mass is 32.1. The van der Waals surface area contributed by atoms with Crippen molar-refractivity contribution < 1.29 is 14.3 Å². The van der Waals surface area contributed by atoms with Gasteiger partial charge in [-0.05, 0) is 6.92 Å². The summed E-state index contributed by atoms with van der Waals surface area (Å²) in [7, 11) is 0. The molecule has 1 aromatic heterocycles. The maximum atomic E-state index is 11.3. The van der Waals surface area contributed by atoms with Crippen LogP contribution in [0.15, 0.2) is 11.6 Å². The van der Waals surface area contributed by atoms with Gasteiger partial charge in [-0.2, -0.15) is 0 Å². The Morgan fingerprint density at radius 2 is 2.33 bits per heavy atom. The van der Waals surface area contributed by atoms with Crippen LogP contribution in [0.1, 0.15) is 13.3 Å². The van der Waals surface area contributed by atoms with Gasteiger partial charge in [0.05, 0.1) is 13.2 Å². The highest BCUT2D eigenvalue weighted by Gasteiger charge is 2.10. The molecule has 0 fully saturated rings. The zero-order valence-electron chi connectivity index (χ0n) is 8.36. The number of thiazole rings is 1. The number of nitrogens with one attached hydrogen (secondary N) is 1. The number of ketones is 1. The van der Waals surface area contributed by atoms with E-state index in [0.29, 0.717) is 4.80 Å². The van der Waals surface area contributed by atoms with Gasteiger partial charge in [0, 0.05) is 11.6 Å². The maximum Gasteiger partial charge on any atom is 0.313 e. The molecule has 15 heavy (non-hydrogen) atoms. The predicted molar refractivity (Wildman–Crippen MR) is 54.4 cm³/mol. The van der Waals surface area contributed by atoms with E-state index in [9.17, 15) is 9.59 Å². The van der Waals surface area contributed by atoms with E-state index in [2.05, 4.69) is 4.74 Å². The van der Waals surface area contributed by atoms with Crippen LogP contribution in [0.5, 0.6) is 0 Å². The lowest BCUT2D eigenvalue weighted by Gasteiger charge is -2.02. The Kier molecular flexibility index (Phi) is 4.23. The smallest absolute Gasteiger partial charge is 0.313 e. The minimum atomic E-state index is -0.509. The summed E-state index contributed by atoms with van der Waals surface area (Å²) in [6.07, 6.45) is 1.42. The summed E-state index contributed by atoms with van der Waals surface area (Å²) < 4.78 is 6.14. The lowest BCUT2D eigenvalue weighted by atomic mass is 10.3. The highest BCUT2D eigenvalue weighted by Crippen LogP contribution is 1.94. The van der Waals surface area contributed by atoms with Gasteiger partial charge in [0.15, 0.2) is 10.6 Å². The minimum Gasteiger partial charge on any atom is -0.466 e. The van der Waals surface area contributed by atoms with E-state index in [1.807, 2.05) is 0 Å². The lowest BCUT2D eigenvalue weighted by molar-refractivity contribution is -0.145. The van der Waals surface area contributed by atoms with Crippen LogP contribution >= 0.6 is 11.3 Å². The summed E-state index contributed by atoms with van der Waals surface area (Å²) in [5, 5.41) is 9.14. The normalized spacial score (nSPS) is 9.93. The number of Topliss-reactive ketones (excluding diaryl/α,β-unsaturated/α-hetero) is 1. The second-order valence-corrected chi connectivity index (χ2v) is 3.75. The van der Waals surface area contributed by atoms with Crippen molar-refractivity contribution in [3.63, 3.8) is 0 Å². The fraction of sp³-hybridized carbons (Fsp3) is 0.444. The first-order valence-corrected chi connectivity index (χ1v) is 5.37. The summed E-state index contributed by atoms with van der Waals surface area (Å²) in [6, 6.07) is 0. The SMILES string of the molecule is CCOC(=O)CC(=O)Cn1ccsc1=N. The summed E-state index contributed by atoms with van der Waals surface area (Å²) >= 11 is 1.24. The van der Waals surface area contributed by atoms with Crippen molar-refractivity contribution in [1.29, 1.82) is 5.41 Å². The number of carbonyl (C=O) groups excluding carboxylic acids is 2. The van der Waals surface area contributed by atoms with Crippen molar-refractivity contribution in [3.05, 3.63) is 16.4 Å². The number of aromatic nitrogens is 1. The van der Waals surface area contributed by atoms with E-state index in [4.69, 9.17) is 5.41 Å². The number of hydrogen-bond acceptors (Lipinski definition) is 5. The Labute approximate surface area is 90.8 Å². The maximum absolute atomic E-state index is 11.3. The monoisotopic (exact) mass is 228 g/mol. The molecule has 0 aliphatic heterocycles. The molecular weight excluding hydrogens is 216 g/mol. The first kappa shape index (κ1) is 11.6. The molecule has 1 N–H and O–H groups in total. The van der Waals surface area contributed by atoms with Crippen LogP contribution in [0, 0.1) is 5.41 Å². The summed E-state index contributed by atoms with van der Waals surface area (Å²) in [5.74, 6) is -0.754. The van der Waals surface area contributed by atoms with Crippen LogP contribution < -0.4 is 4.80 Å². The molecule has 1 rings (SSSR count). The number of ether oxygens (including phenoxy) is 1. The van der Waals surface area contributed by atoms with Crippen LogP contribution in [0.4, 0.5) is 0 Å². The summed E-state index contributed by atoms with van der Waals surface area (Å²) in [4.78, 5) is 22.6. The second-order valence-electron chi connectivity index (χ2n) is 2.86. The molecule has 0 saturated carbocycles. The van der Waals surface area contributed by atoms with Gasteiger partial charge in [-0.25, -0.2) is 0 Å². The molecule has 0 atom stereocenters. The van der Waals surface area contributed by atoms with E-state index >= 15 is 0 Å². The fourth-order valence-corrected chi connectivity index (χ4v) is 1.64. The van der Waals surface area contributed by atoms with Gasteiger partial charge in [0.25, 0.3) is 0 Å². The molecule has 0 unspecified atom stereocenters. The Bertz CT molecular complexity index is 407. The molecule has 0 aliphatic carbocycles. The van der Waals surface area contributed by atoms with Gasteiger partial charge >= 0.3 is 5.97 Å². The topological polar surface area (TPSA) is 72.2 Å². The molecule has 0 spiro atoms. The third kappa shape index (κ3) is 3.67. The third-order valence-corrected chi connectivity index (χ3v) is 2.39. The highest BCUT2D eigenvalue weighted by molar-refractivity contribution is 7.06. The van der Waals surface area contributed by atoms with Crippen molar-refractivity contribution in [3.8, 4) is 0 Å². The van der Waals surface area contributed by atoms with Gasteiger partial charge in [-0.15, -0.1) is 11.3 Å². The number of rotatable bonds is 5. The van der Waals surface area contributed by atoms with Crippen molar-refractivity contribution in [2.75, 3.05) is 6.61 Å². The number of esters is 1. The van der Waals surface area contributed by atoms with E-state index in [-0.39, 0.29) is 25.4 Å². The van der Waals surface area contributed by atoms with Gasteiger partial charge in [-0.3, -0.25) is 15.0 Å². The fourth-order valence-electron chi connectivity index (χ4n) is 1.05. The van der Waals surface area contributed by atoms with E-state index < -0.39 is 5.97 Å². The summed E-state index contributed by atoms with van der Waals surface area (Å²) in [6.45, 7) is 2.03. The molecule has 5 nitrogen and oxygen atoms in total. The van der Waals surface area contributed by atoms with Gasteiger partial charge in [-0.1, -0.05) is 0 Å². The number of hydrogen-bond donors (Lipinski definition) is 1. The van der Waals surface area contributed by atoms with Crippen molar-refractivity contribution in [1.82, 2.24) is 4.57 Å². The average Bonchev–Trinajstić information content (AvgIpc) is 2.52. The molecule has 82 valence electrons. The first-order valence-electron chi connectivity index (χ1n) is 4.49. The van der Waals surface area contributed by atoms with Crippen LogP contribution in [-0.2, 0) is 20.9 Å². The first-order chi connectivity index (χ1) is 7.13. The summed E-state index contributed by atoms with van der Waals surface area (Å²) in [5.41, 5.74) is 0. The molecule has 1 aromatic rings. The van der Waals surface area contributed by atoms with Crippen LogP contribution in [0.25, 0.3) is 0 Å². The van der Waals surface area contributed by atoms with Crippen molar-refractivity contribution >= 4 is 23.1 Å². The lowest BCUT2D eigenvalue weighted by Crippen LogP contribution is -2.21. The zero-order valence-corrected chi connectivity index (χ0v) is 9.17. The predicted octanol–water partition coefficient (Wildman–Crippen LogP) is 0.551. The van der Waals surface area contributed by atoms with E-state index in [1.54, 1.807) is 18.5 Å². The largest absolute Gasteiger partial charge is 0.466 e. The van der Waals surface area contributed by atoms with Gasteiger partial charge in [0.1, 0.15) is 6.42 Å². The molecule has 1 heterocycles. The van der Waals surface area contributed by atoms with E-state index in [0.717, 1.165) is 0 Å².